The van der Waals surface area contributed by atoms with Gasteiger partial charge in [-0.25, -0.2) is 4.98 Å². The SMILES string of the molecule is CCc1nc(NC)cc(Oc2ccc(C(C)(C)C)cc2)n1. The third-order valence-corrected chi connectivity index (χ3v) is 3.26. The number of aromatic nitrogens is 2. The maximum absolute atomic E-state index is 5.84. The van der Waals surface area contributed by atoms with Crippen molar-refractivity contribution in [2.24, 2.45) is 0 Å². The lowest BCUT2D eigenvalue weighted by Crippen LogP contribution is -2.10. The quantitative estimate of drug-likeness (QED) is 0.915. The van der Waals surface area contributed by atoms with Crippen LogP contribution in [0.1, 0.15) is 39.1 Å². The molecule has 1 N–H and O–H groups in total. The molecule has 4 nitrogen and oxygen atoms in total. The minimum Gasteiger partial charge on any atom is -0.439 e. The van der Waals surface area contributed by atoms with E-state index in [1.54, 1.807) is 6.07 Å². The number of hydrogen-bond acceptors (Lipinski definition) is 4. The maximum atomic E-state index is 5.84. The lowest BCUT2D eigenvalue weighted by atomic mass is 9.87. The molecule has 21 heavy (non-hydrogen) atoms. The van der Waals surface area contributed by atoms with E-state index in [9.17, 15) is 0 Å². The predicted molar refractivity (Wildman–Crippen MR) is 86.2 cm³/mol. The van der Waals surface area contributed by atoms with E-state index in [1.165, 1.54) is 5.56 Å². The molecule has 0 aliphatic rings. The number of rotatable bonds is 4. The highest BCUT2D eigenvalue weighted by molar-refractivity contribution is 5.40. The molecule has 2 rings (SSSR count). The van der Waals surface area contributed by atoms with Crippen molar-refractivity contribution < 1.29 is 4.74 Å². The predicted octanol–water partition coefficient (Wildman–Crippen LogP) is 4.17. The molecule has 0 fully saturated rings. The van der Waals surface area contributed by atoms with Crippen LogP contribution in [0.3, 0.4) is 0 Å². The summed E-state index contributed by atoms with van der Waals surface area (Å²) in [6.45, 7) is 8.61. The molecule has 0 aliphatic carbocycles. The first-order valence-corrected chi connectivity index (χ1v) is 7.26. The molecular formula is C17H23N3O. The largest absolute Gasteiger partial charge is 0.439 e. The van der Waals surface area contributed by atoms with Gasteiger partial charge >= 0.3 is 0 Å². The van der Waals surface area contributed by atoms with Crippen LogP contribution in [0.4, 0.5) is 5.82 Å². The van der Waals surface area contributed by atoms with Crippen molar-refractivity contribution in [1.82, 2.24) is 9.97 Å². The number of hydrogen-bond donors (Lipinski definition) is 1. The fourth-order valence-corrected chi connectivity index (χ4v) is 1.95. The van der Waals surface area contributed by atoms with Crippen LogP contribution in [0, 0.1) is 0 Å². The summed E-state index contributed by atoms with van der Waals surface area (Å²) in [6.07, 6.45) is 0.773. The van der Waals surface area contributed by atoms with Gasteiger partial charge in [-0.05, 0) is 23.1 Å². The van der Waals surface area contributed by atoms with Crippen molar-refractivity contribution in [1.29, 1.82) is 0 Å². The van der Waals surface area contributed by atoms with E-state index in [2.05, 4.69) is 48.2 Å². The van der Waals surface area contributed by atoms with Gasteiger partial charge in [0.1, 0.15) is 17.4 Å². The van der Waals surface area contributed by atoms with Gasteiger partial charge in [0.25, 0.3) is 0 Å². The van der Waals surface area contributed by atoms with Crippen LogP contribution in [0.25, 0.3) is 0 Å². The summed E-state index contributed by atoms with van der Waals surface area (Å²) in [5.41, 5.74) is 1.42. The summed E-state index contributed by atoms with van der Waals surface area (Å²) in [4.78, 5) is 8.75. The van der Waals surface area contributed by atoms with Crippen LogP contribution in [-0.4, -0.2) is 17.0 Å². The van der Waals surface area contributed by atoms with E-state index >= 15 is 0 Å². The molecular weight excluding hydrogens is 262 g/mol. The monoisotopic (exact) mass is 285 g/mol. The summed E-state index contributed by atoms with van der Waals surface area (Å²) in [5.74, 6) is 2.88. The molecule has 0 atom stereocenters. The lowest BCUT2D eigenvalue weighted by Gasteiger charge is -2.19. The fourth-order valence-electron chi connectivity index (χ4n) is 1.95. The van der Waals surface area contributed by atoms with Crippen LogP contribution in [-0.2, 0) is 11.8 Å². The van der Waals surface area contributed by atoms with E-state index in [4.69, 9.17) is 4.74 Å². The molecule has 1 heterocycles. The van der Waals surface area contributed by atoms with Gasteiger partial charge in [0, 0.05) is 19.5 Å². The maximum Gasteiger partial charge on any atom is 0.224 e. The summed E-state index contributed by atoms with van der Waals surface area (Å²) < 4.78 is 5.84. The second kappa shape index (κ2) is 6.12. The Morgan fingerprint density at radius 1 is 1.10 bits per heavy atom. The molecule has 112 valence electrons. The molecule has 0 amide bonds. The first kappa shape index (κ1) is 15.3. The number of nitrogens with one attached hydrogen (secondary N) is 1. The van der Waals surface area contributed by atoms with Crippen LogP contribution in [0.2, 0.25) is 0 Å². The number of anilines is 1. The Hall–Kier alpha value is -2.10. The van der Waals surface area contributed by atoms with Gasteiger partial charge in [0.05, 0.1) is 0 Å². The van der Waals surface area contributed by atoms with E-state index in [1.807, 2.05) is 26.1 Å². The smallest absolute Gasteiger partial charge is 0.224 e. The van der Waals surface area contributed by atoms with Gasteiger partial charge < -0.3 is 10.1 Å². The van der Waals surface area contributed by atoms with Crippen molar-refractivity contribution in [2.75, 3.05) is 12.4 Å². The molecule has 4 heteroatoms. The van der Waals surface area contributed by atoms with Gasteiger partial charge in [-0.1, -0.05) is 39.8 Å². The van der Waals surface area contributed by atoms with Crippen LogP contribution in [0.15, 0.2) is 30.3 Å². The Balaban J connectivity index is 2.22. The Morgan fingerprint density at radius 2 is 1.76 bits per heavy atom. The van der Waals surface area contributed by atoms with E-state index in [0.29, 0.717) is 5.88 Å². The van der Waals surface area contributed by atoms with Gasteiger partial charge in [-0.2, -0.15) is 4.98 Å². The van der Waals surface area contributed by atoms with Crippen molar-refractivity contribution in [3.8, 4) is 11.6 Å². The Labute approximate surface area is 126 Å². The number of benzene rings is 1. The second-order valence-electron chi connectivity index (χ2n) is 5.99. The minimum absolute atomic E-state index is 0.141. The van der Waals surface area contributed by atoms with Gasteiger partial charge in [0.2, 0.25) is 5.88 Å². The molecule has 0 bridgehead atoms. The Morgan fingerprint density at radius 3 is 2.29 bits per heavy atom. The minimum atomic E-state index is 0.141. The topological polar surface area (TPSA) is 47.0 Å². The van der Waals surface area contributed by atoms with Crippen molar-refractivity contribution in [2.45, 2.75) is 39.5 Å². The normalized spacial score (nSPS) is 11.3. The lowest BCUT2D eigenvalue weighted by molar-refractivity contribution is 0.458. The zero-order chi connectivity index (χ0) is 15.5. The van der Waals surface area contributed by atoms with Crippen molar-refractivity contribution in [3.05, 3.63) is 41.7 Å². The molecule has 0 aliphatic heterocycles. The molecule has 0 saturated heterocycles. The molecule has 1 aromatic carbocycles. The van der Waals surface area contributed by atoms with E-state index in [0.717, 1.165) is 23.8 Å². The average Bonchev–Trinajstić information content (AvgIpc) is 2.46. The molecule has 2 aromatic rings. The first-order valence-electron chi connectivity index (χ1n) is 7.26. The van der Waals surface area contributed by atoms with E-state index < -0.39 is 0 Å². The highest BCUT2D eigenvalue weighted by Crippen LogP contribution is 2.27. The zero-order valence-corrected chi connectivity index (χ0v) is 13.4. The summed E-state index contributed by atoms with van der Waals surface area (Å²) in [7, 11) is 1.84. The number of ether oxygens (including phenoxy) is 1. The Bertz CT molecular complexity index is 578. The van der Waals surface area contributed by atoms with Gasteiger partial charge in [-0.15, -0.1) is 0 Å². The molecule has 0 saturated carbocycles. The summed E-state index contributed by atoms with van der Waals surface area (Å²) in [5, 5.41) is 3.03. The van der Waals surface area contributed by atoms with Crippen LogP contribution < -0.4 is 10.1 Å². The van der Waals surface area contributed by atoms with Crippen LogP contribution in [0.5, 0.6) is 11.6 Å². The van der Waals surface area contributed by atoms with Gasteiger partial charge in [-0.3, -0.25) is 0 Å². The molecule has 1 aromatic heterocycles. The number of aryl methyl sites for hydroxylation is 1. The van der Waals surface area contributed by atoms with Crippen molar-refractivity contribution in [3.63, 3.8) is 0 Å². The summed E-state index contributed by atoms with van der Waals surface area (Å²) >= 11 is 0. The zero-order valence-electron chi connectivity index (χ0n) is 13.4. The fraction of sp³-hybridized carbons (Fsp3) is 0.412. The molecule has 0 spiro atoms. The second-order valence-corrected chi connectivity index (χ2v) is 5.99. The van der Waals surface area contributed by atoms with Crippen LogP contribution >= 0.6 is 0 Å². The van der Waals surface area contributed by atoms with E-state index in [-0.39, 0.29) is 5.41 Å². The van der Waals surface area contributed by atoms with Crippen molar-refractivity contribution >= 4 is 5.82 Å². The Kier molecular flexibility index (Phi) is 4.46. The summed E-state index contributed by atoms with van der Waals surface area (Å²) in [6, 6.07) is 9.95. The highest BCUT2D eigenvalue weighted by atomic mass is 16.5. The molecule has 0 radical (unpaired) electrons. The standard InChI is InChI=1S/C17H23N3O/c1-6-14-19-15(18-5)11-16(20-14)21-13-9-7-12(8-10-13)17(2,3)4/h7-11H,6H2,1-5H3,(H,18,19,20). The average molecular weight is 285 g/mol. The highest BCUT2D eigenvalue weighted by Gasteiger charge is 2.13. The number of nitrogens with zero attached hydrogens (tertiary/aromatic N) is 2. The first-order chi connectivity index (χ1) is 9.92. The molecule has 0 unspecified atom stereocenters. The van der Waals surface area contributed by atoms with Gasteiger partial charge in [0.15, 0.2) is 0 Å². The third kappa shape index (κ3) is 3.94. The third-order valence-electron chi connectivity index (χ3n) is 3.26.